The number of nitrogens with zero attached hydrogens (tertiary/aromatic N) is 2. The van der Waals surface area contributed by atoms with Crippen molar-refractivity contribution in [2.24, 2.45) is 10.8 Å². The van der Waals surface area contributed by atoms with Gasteiger partial charge in [0, 0.05) is 37.0 Å². The van der Waals surface area contributed by atoms with E-state index in [0.717, 1.165) is 74.9 Å². The molecule has 2 aliphatic carbocycles. The third-order valence-corrected chi connectivity index (χ3v) is 10.6. The number of likely N-dealkylation sites (tertiary alicyclic amines) is 2. The molecule has 2 N–H and O–H groups in total. The van der Waals surface area contributed by atoms with Crippen molar-refractivity contribution in [1.29, 1.82) is 0 Å². The van der Waals surface area contributed by atoms with Gasteiger partial charge in [0.1, 0.15) is 49.4 Å². The summed E-state index contributed by atoms with van der Waals surface area (Å²) in [6.45, 7) is 8.56. The molecular formula is C44H51N2NaO9. The van der Waals surface area contributed by atoms with E-state index in [1.54, 1.807) is 0 Å². The van der Waals surface area contributed by atoms with E-state index >= 15 is 0 Å². The van der Waals surface area contributed by atoms with Crippen LogP contribution in [0.4, 0.5) is 0 Å². The Morgan fingerprint density at radius 2 is 0.964 bits per heavy atom. The van der Waals surface area contributed by atoms with Crippen molar-refractivity contribution in [3.63, 3.8) is 0 Å². The van der Waals surface area contributed by atoms with Crippen LogP contribution in [0.15, 0.2) is 97.1 Å². The van der Waals surface area contributed by atoms with Gasteiger partial charge in [-0.3, -0.25) is 19.4 Å². The molecule has 0 saturated carbocycles. The van der Waals surface area contributed by atoms with Crippen molar-refractivity contribution in [1.82, 2.24) is 9.80 Å². The smallest absolute Gasteiger partial charge is 0.870 e. The number of hydrogen-bond donors (Lipinski definition) is 1. The molecule has 2 aliphatic heterocycles. The zero-order valence-electron chi connectivity index (χ0n) is 32.5. The first-order valence-corrected chi connectivity index (χ1v) is 18.9. The van der Waals surface area contributed by atoms with Gasteiger partial charge in [0.15, 0.2) is 0 Å². The Bertz CT molecular complexity index is 1880. The summed E-state index contributed by atoms with van der Waals surface area (Å²) in [5.41, 5.74) is 5.99. The predicted octanol–water partition coefficient (Wildman–Crippen LogP) is 2.56. The van der Waals surface area contributed by atoms with Crippen LogP contribution in [0.3, 0.4) is 0 Å². The van der Waals surface area contributed by atoms with Gasteiger partial charge in [-0.1, -0.05) is 48.5 Å². The summed E-state index contributed by atoms with van der Waals surface area (Å²) < 4.78 is 28.1. The number of carboxylic acids is 1. The number of esters is 1. The van der Waals surface area contributed by atoms with Gasteiger partial charge >= 0.3 is 41.5 Å². The molecule has 0 aromatic heterocycles. The summed E-state index contributed by atoms with van der Waals surface area (Å²) in [7, 11) is 0. The van der Waals surface area contributed by atoms with Crippen LogP contribution in [0.25, 0.3) is 0 Å². The molecule has 0 unspecified atom stereocenters. The van der Waals surface area contributed by atoms with Gasteiger partial charge < -0.3 is 34.3 Å². The van der Waals surface area contributed by atoms with Crippen LogP contribution >= 0.6 is 0 Å². The van der Waals surface area contributed by atoms with Crippen molar-refractivity contribution >= 4 is 11.9 Å². The minimum absolute atomic E-state index is 0. The van der Waals surface area contributed by atoms with E-state index in [9.17, 15) is 9.59 Å². The van der Waals surface area contributed by atoms with Gasteiger partial charge in [-0.05, 0) is 103 Å². The maximum atomic E-state index is 11.6. The normalized spacial score (nSPS) is 16.7. The molecule has 2 saturated heterocycles. The zero-order chi connectivity index (χ0) is 37.4. The van der Waals surface area contributed by atoms with Gasteiger partial charge in [0.2, 0.25) is 0 Å². The third kappa shape index (κ3) is 11.3. The van der Waals surface area contributed by atoms with Crippen LogP contribution in [0.5, 0.6) is 23.0 Å². The van der Waals surface area contributed by atoms with Crippen LogP contribution < -0.4 is 48.5 Å². The minimum atomic E-state index is -0.747. The fraction of sp³-hybridized carbons (Fsp3) is 0.409. The largest absolute Gasteiger partial charge is 1.00 e. The van der Waals surface area contributed by atoms with Crippen LogP contribution in [-0.4, -0.2) is 105 Å². The number of para-hydroxylation sites is 2. The van der Waals surface area contributed by atoms with Gasteiger partial charge in [0.25, 0.3) is 0 Å². The first kappa shape index (κ1) is 43.0. The number of hydrogen-bond acceptors (Lipinski definition) is 10. The summed E-state index contributed by atoms with van der Waals surface area (Å²) in [5.74, 6) is 2.61. The molecule has 0 amide bonds. The van der Waals surface area contributed by atoms with Crippen molar-refractivity contribution < 1.29 is 73.4 Å². The molecule has 4 aromatic rings. The van der Waals surface area contributed by atoms with Crippen LogP contribution in [0.1, 0.15) is 29.2 Å². The summed E-state index contributed by atoms with van der Waals surface area (Å²) in [6.07, 6.45) is 4.18. The molecule has 0 bridgehead atoms. The Balaban J connectivity index is 0.000000207. The second-order valence-corrected chi connectivity index (χ2v) is 15.1. The molecule has 4 aromatic carbocycles. The molecule has 0 atom stereocenters. The molecule has 0 radical (unpaired) electrons. The molecule has 4 aliphatic rings. The average Bonchev–Trinajstić information content (AvgIpc) is 3.71. The monoisotopic (exact) mass is 774 g/mol. The first-order chi connectivity index (χ1) is 26.3. The topological polar surface area (TPSA) is 137 Å². The molecule has 292 valence electrons. The van der Waals surface area contributed by atoms with Crippen molar-refractivity contribution in [2.45, 2.75) is 32.6 Å². The Labute approximate surface area is 351 Å². The maximum Gasteiger partial charge on any atom is 1.00 e. The summed E-state index contributed by atoms with van der Waals surface area (Å²) in [6, 6.07) is 32.2. The van der Waals surface area contributed by atoms with E-state index in [1.165, 1.54) is 22.3 Å². The van der Waals surface area contributed by atoms with Crippen LogP contribution in [0.2, 0.25) is 0 Å². The molecular weight excluding hydrogens is 723 g/mol. The fourth-order valence-corrected chi connectivity index (χ4v) is 8.53. The minimum Gasteiger partial charge on any atom is -0.870 e. The summed E-state index contributed by atoms with van der Waals surface area (Å²) >= 11 is 0. The number of carbonyl (C=O) groups is 2. The standard InChI is InChI=1S/C23H27NO4.C21H23NO4.Na.H2O/c1-2-26-22(25)15-24-16-23(17-24)13-18-8-9-21(12-19(18)14-23)28-11-10-27-20-6-4-3-5-7-20;23-20(24)13-22-14-21(15-22)11-16-6-7-19(10-17(16)12-21)26-9-8-25-18-4-2-1-3-5-18;;/h3-9,12H,2,10-11,13-17H2,1H3;1-7,10H,8-9,11-15H2,(H,23,24);;1H2/q;;+1;/p-1. The second-order valence-electron chi connectivity index (χ2n) is 15.1. The Morgan fingerprint density at radius 1 is 0.571 bits per heavy atom. The van der Waals surface area contributed by atoms with Crippen LogP contribution in [-0.2, 0) is 40.0 Å². The average molecular weight is 775 g/mol. The van der Waals surface area contributed by atoms with E-state index in [4.69, 9.17) is 28.8 Å². The zero-order valence-corrected chi connectivity index (χ0v) is 34.5. The first-order valence-electron chi connectivity index (χ1n) is 18.9. The summed E-state index contributed by atoms with van der Waals surface area (Å²) in [5, 5.41) is 8.90. The maximum absolute atomic E-state index is 11.6. The fourth-order valence-electron chi connectivity index (χ4n) is 8.53. The van der Waals surface area contributed by atoms with Crippen LogP contribution in [0, 0.1) is 10.8 Å². The Kier molecular flexibility index (Phi) is 15.3. The molecule has 12 heteroatoms. The molecule has 11 nitrogen and oxygen atoms in total. The molecule has 56 heavy (non-hydrogen) atoms. The van der Waals surface area contributed by atoms with Crippen molar-refractivity contribution in [3.8, 4) is 23.0 Å². The van der Waals surface area contributed by atoms with Gasteiger partial charge in [-0.2, -0.15) is 0 Å². The van der Waals surface area contributed by atoms with Gasteiger partial charge in [0.05, 0.1) is 19.7 Å². The molecule has 2 spiro atoms. The van der Waals surface area contributed by atoms with Crippen molar-refractivity contribution in [3.05, 3.63) is 119 Å². The molecule has 2 heterocycles. The second kappa shape index (κ2) is 19.9. The number of carbonyl (C=O) groups excluding carboxylic acids is 1. The van der Waals surface area contributed by atoms with E-state index in [1.807, 2.05) is 78.6 Å². The van der Waals surface area contributed by atoms with E-state index in [-0.39, 0.29) is 58.4 Å². The van der Waals surface area contributed by atoms with E-state index in [0.29, 0.717) is 39.6 Å². The Hall–Kier alpha value is -4.10. The molecule has 8 rings (SSSR count). The van der Waals surface area contributed by atoms with Gasteiger partial charge in [-0.15, -0.1) is 0 Å². The van der Waals surface area contributed by atoms with E-state index < -0.39 is 5.97 Å². The number of ether oxygens (including phenoxy) is 5. The quantitative estimate of drug-likeness (QED) is 0.109. The van der Waals surface area contributed by atoms with Gasteiger partial charge in [-0.25, -0.2) is 0 Å². The Morgan fingerprint density at radius 3 is 1.38 bits per heavy atom. The number of fused-ring (bicyclic) bond motifs is 2. The van der Waals surface area contributed by atoms with Crippen molar-refractivity contribution in [2.75, 3.05) is 72.3 Å². The molecule has 2 fully saturated rings. The third-order valence-electron chi connectivity index (χ3n) is 10.6. The number of benzene rings is 4. The van der Waals surface area contributed by atoms with E-state index in [2.05, 4.69) is 35.2 Å². The number of rotatable bonds is 15. The number of carboxylic acid groups (broad SMARTS) is 1. The number of aliphatic carboxylic acids is 1. The summed E-state index contributed by atoms with van der Waals surface area (Å²) in [4.78, 5) is 26.6. The predicted molar refractivity (Wildman–Crippen MR) is 207 cm³/mol. The SMILES string of the molecule is CCOC(=O)CN1CC2(Cc3ccc(OCCOc4ccccc4)cc3C2)C1.O=C(O)CN1CC2(Cc3ccc(OCCOc4ccccc4)cc3C2)C1.[Na+].[OH-].